The van der Waals surface area contributed by atoms with Gasteiger partial charge in [0.25, 0.3) is 0 Å². The third-order valence-corrected chi connectivity index (χ3v) is 4.71. The van der Waals surface area contributed by atoms with Gasteiger partial charge in [-0.25, -0.2) is 4.98 Å². The molecule has 1 saturated heterocycles. The van der Waals surface area contributed by atoms with Crippen molar-refractivity contribution in [3.63, 3.8) is 0 Å². The van der Waals surface area contributed by atoms with Crippen LogP contribution in [0.1, 0.15) is 19.3 Å². The topological polar surface area (TPSA) is 38.2 Å². The van der Waals surface area contributed by atoms with Crippen LogP contribution in [0.4, 0.5) is 0 Å². The summed E-state index contributed by atoms with van der Waals surface area (Å²) in [4.78, 5) is 11.7. The first-order chi connectivity index (χ1) is 10.3. The molecular formula is C16H21N3OS. The number of thioether (sulfide) groups is 1. The lowest BCUT2D eigenvalue weighted by molar-refractivity contribution is 0.242. The molecule has 21 heavy (non-hydrogen) atoms. The molecule has 0 amide bonds. The van der Waals surface area contributed by atoms with E-state index in [0.717, 1.165) is 34.1 Å². The Morgan fingerprint density at radius 1 is 1.19 bits per heavy atom. The molecule has 0 aliphatic carbocycles. The fourth-order valence-electron chi connectivity index (χ4n) is 2.63. The van der Waals surface area contributed by atoms with E-state index in [-0.39, 0.29) is 0 Å². The van der Waals surface area contributed by atoms with Gasteiger partial charge in [-0.15, -0.1) is 11.8 Å². The molecule has 0 saturated carbocycles. The van der Waals surface area contributed by atoms with Crippen LogP contribution in [0, 0.1) is 0 Å². The number of hydrogen-bond acceptors (Lipinski definition) is 5. The van der Waals surface area contributed by atoms with E-state index in [0.29, 0.717) is 0 Å². The molecule has 1 aromatic carbocycles. The normalized spacial score (nSPS) is 16.2. The molecule has 0 N–H and O–H groups in total. The van der Waals surface area contributed by atoms with Crippen molar-refractivity contribution in [3.05, 3.63) is 24.4 Å². The van der Waals surface area contributed by atoms with E-state index >= 15 is 0 Å². The first-order valence-corrected chi connectivity index (χ1v) is 8.50. The quantitative estimate of drug-likeness (QED) is 0.793. The third-order valence-electron chi connectivity index (χ3n) is 3.83. The van der Waals surface area contributed by atoms with Crippen LogP contribution in [0.3, 0.4) is 0 Å². The second kappa shape index (κ2) is 7.09. The number of fused-ring (bicyclic) bond motifs is 1. The molecule has 1 aromatic heterocycles. The standard InChI is InChI=1S/C16H21N3OS/c1-20-13-5-6-14-15(11-13)18-16(12-17-14)21-10-9-19-7-3-2-4-8-19/h5-6,11-12H,2-4,7-10H2,1H3. The Morgan fingerprint density at radius 2 is 2.05 bits per heavy atom. The van der Waals surface area contributed by atoms with E-state index < -0.39 is 0 Å². The summed E-state index contributed by atoms with van der Waals surface area (Å²) in [5.41, 5.74) is 1.81. The first kappa shape index (κ1) is 14.6. The number of likely N-dealkylation sites (tertiary alicyclic amines) is 1. The van der Waals surface area contributed by atoms with Crippen LogP contribution in [0.2, 0.25) is 0 Å². The van der Waals surface area contributed by atoms with Crippen molar-refractivity contribution in [2.45, 2.75) is 24.3 Å². The number of rotatable bonds is 5. The minimum Gasteiger partial charge on any atom is -0.497 e. The Hall–Kier alpha value is -1.33. The lowest BCUT2D eigenvalue weighted by Gasteiger charge is -2.25. The number of nitrogens with zero attached hydrogens (tertiary/aromatic N) is 3. The second-order valence-corrected chi connectivity index (χ2v) is 6.43. The number of aromatic nitrogens is 2. The molecule has 2 aromatic rings. The van der Waals surface area contributed by atoms with Crippen molar-refractivity contribution in [2.24, 2.45) is 0 Å². The lowest BCUT2D eigenvalue weighted by Crippen LogP contribution is -2.31. The van der Waals surface area contributed by atoms with Crippen molar-refractivity contribution in [1.29, 1.82) is 0 Å². The minimum atomic E-state index is 0.826. The van der Waals surface area contributed by atoms with Gasteiger partial charge in [-0.2, -0.15) is 0 Å². The minimum absolute atomic E-state index is 0.826. The van der Waals surface area contributed by atoms with E-state index in [2.05, 4.69) is 14.9 Å². The van der Waals surface area contributed by atoms with Crippen LogP contribution >= 0.6 is 11.8 Å². The maximum Gasteiger partial charge on any atom is 0.121 e. The molecule has 0 atom stereocenters. The van der Waals surface area contributed by atoms with Gasteiger partial charge in [0.05, 0.1) is 24.3 Å². The van der Waals surface area contributed by atoms with Crippen LogP contribution in [0.5, 0.6) is 5.75 Å². The average molecular weight is 303 g/mol. The summed E-state index contributed by atoms with van der Waals surface area (Å²) < 4.78 is 5.24. The van der Waals surface area contributed by atoms with Gasteiger partial charge in [-0.3, -0.25) is 4.98 Å². The van der Waals surface area contributed by atoms with Gasteiger partial charge in [-0.05, 0) is 38.1 Å². The molecule has 1 aliphatic heterocycles. The number of piperidine rings is 1. The zero-order valence-electron chi connectivity index (χ0n) is 12.4. The molecule has 0 unspecified atom stereocenters. The fourth-order valence-corrected chi connectivity index (χ4v) is 3.48. The summed E-state index contributed by atoms with van der Waals surface area (Å²) in [5, 5.41) is 0.993. The number of benzene rings is 1. The fraction of sp³-hybridized carbons (Fsp3) is 0.500. The third kappa shape index (κ3) is 3.86. The van der Waals surface area contributed by atoms with Gasteiger partial charge >= 0.3 is 0 Å². The summed E-state index contributed by atoms with van der Waals surface area (Å²) in [6.45, 7) is 3.64. The van der Waals surface area contributed by atoms with Crippen molar-refractivity contribution in [2.75, 3.05) is 32.5 Å². The Bertz CT molecular complexity index is 599. The van der Waals surface area contributed by atoms with Gasteiger partial charge in [0.15, 0.2) is 0 Å². The number of methoxy groups -OCH3 is 1. The van der Waals surface area contributed by atoms with Gasteiger partial charge in [0.2, 0.25) is 0 Å². The highest BCUT2D eigenvalue weighted by Crippen LogP contribution is 2.21. The highest BCUT2D eigenvalue weighted by Gasteiger charge is 2.10. The van der Waals surface area contributed by atoms with E-state index in [1.54, 1.807) is 18.9 Å². The maximum absolute atomic E-state index is 5.24. The Labute approximate surface area is 129 Å². The monoisotopic (exact) mass is 303 g/mol. The van der Waals surface area contributed by atoms with E-state index in [9.17, 15) is 0 Å². The Kier molecular flexibility index (Phi) is 4.93. The second-order valence-electron chi connectivity index (χ2n) is 5.31. The maximum atomic E-state index is 5.24. The van der Waals surface area contributed by atoms with Crippen LogP contribution < -0.4 is 4.74 Å². The Morgan fingerprint density at radius 3 is 2.86 bits per heavy atom. The van der Waals surface area contributed by atoms with Crippen molar-refractivity contribution in [1.82, 2.24) is 14.9 Å². The molecule has 0 radical (unpaired) electrons. The van der Waals surface area contributed by atoms with Gasteiger partial charge < -0.3 is 9.64 Å². The molecule has 2 heterocycles. The van der Waals surface area contributed by atoms with Gasteiger partial charge in [0.1, 0.15) is 10.8 Å². The highest BCUT2D eigenvalue weighted by molar-refractivity contribution is 7.99. The van der Waals surface area contributed by atoms with Crippen LogP contribution in [-0.4, -0.2) is 47.4 Å². The molecule has 0 spiro atoms. The molecule has 1 fully saturated rings. The number of ether oxygens (including phenoxy) is 1. The highest BCUT2D eigenvalue weighted by atomic mass is 32.2. The van der Waals surface area contributed by atoms with E-state index in [1.807, 2.05) is 24.4 Å². The van der Waals surface area contributed by atoms with Crippen molar-refractivity contribution < 1.29 is 4.74 Å². The summed E-state index contributed by atoms with van der Waals surface area (Å²) >= 11 is 1.79. The van der Waals surface area contributed by atoms with Gasteiger partial charge in [0, 0.05) is 18.4 Å². The zero-order valence-corrected chi connectivity index (χ0v) is 13.2. The van der Waals surface area contributed by atoms with Crippen LogP contribution in [-0.2, 0) is 0 Å². The molecule has 0 bridgehead atoms. The number of hydrogen-bond donors (Lipinski definition) is 0. The zero-order chi connectivity index (χ0) is 14.5. The Balaban J connectivity index is 1.60. The molecule has 4 nitrogen and oxygen atoms in total. The van der Waals surface area contributed by atoms with Crippen molar-refractivity contribution in [3.8, 4) is 5.75 Å². The first-order valence-electron chi connectivity index (χ1n) is 7.51. The average Bonchev–Trinajstić information content (AvgIpc) is 2.55. The molecular weight excluding hydrogens is 282 g/mol. The summed E-state index contributed by atoms with van der Waals surface area (Å²) in [6, 6.07) is 5.81. The summed E-state index contributed by atoms with van der Waals surface area (Å²) in [6.07, 6.45) is 5.96. The SMILES string of the molecule is COc1ccc2ncc(SCCN3CCCCC3)nc2c1. The van der Waals surface area contributed by atoms with Crippen LogP contribution in [0.25, 0.3) is 11.0 Å². The predicted molar refractivity (Wildman–Crippen MR) is 87.1 cm³/mol. The summed E-state index contributed by atoms with van der Waals surface area (Å²) in [5.74, 6) is 1.90. The van der Waals surface area contributed by atoms with E-state index in [4.69, 9.17) is 4.74 Å². The molecule has 112 valence electrons. The lowest BCUT2D eigenvalue weighted by atomic mass is 10.1. The molecule has 5 heteroatoms. The van der Waals surface area contributed by atoms with Crippen LogP contribution in [0.15, 0.2) is 29.4 Å². The predicted octanol–water partition coefficient (Wildman–Crippen LogP) is 3.22. The van der Waals surface area contributed by atoms with E-state index in [1.165, 1.54) is 32.4 Å². The van der Waals surface area contributed by atoms with Gasteiger partial charge in [-0.1, -0.05) is 6.42 Å². The largest absolute Gasteiger partial charge is 0.497 e. The molecule has 3 rings (SSSR count). The smallest absolute Gasteiger partial charge is 0.121 e. The van der Waals surface area contributed by atoms with Crippen molar-refractivity contribution >= 4 is 22.8 Å². The molecule has 1 aliphatic rings. The summed E-state index contributed by atoms with van der Waals surface area (Å²) in [7, 11) is 1.67.